The molecular weight excluding hydrogens is 370 g/mol. The van der Waals surface area contributed by atoms with Crippen LogP contribution in [-0.2, 0) is 4.79 Å². The monoisotopic (exact) mass is 401 g/mol. The molecule has 0 aromatic heterocycles. The molecule has 4 rings (SSSR count). The van der Waals surface area contributed by atoms with Crippen molar-refractivity contribution in [3.8, 4) is 0 Å². The highest BCUT2D eigenvalue weighted by atomic mass is 16.2. The van der Waals surface area contributed by atoms with Crippen molar-refractivity contribution in [3.05, 3.63) is 96.6 Å². The second kappa shape index (κ2) is 11.8. The molecule has 0 atom stereocenters. The van der Waals surface area contributed by atoms with Gasteiger partial charge in [-0.2, -0.15) is 0 Å². The predicted octanol–water partition coefficient (Wildman–Crippen LogP) is 4.64. The molecule has 156 valence electrons. The van der Waals surface area contributed by atoms with Gasteiger partial charge >= 0.3 is 0 Å². The molecular formula is C26H31N3O. The third-order valence-corrected chi connectivity index (χ3v) is 5.10. The van der Waals surface area contributed by atoms with Gasteiger partial charge in [0, 0.05) is 50.5 Å². The molecule has 3 aromatic rings. The zero-order valence-corrected chi connectivity index (χ0v) is 17.7. The minimum atomic E-state index is 0.239. The lowest BCUT2D eigenvalue weighted by Crippen LogP contribution is -2.47. The fraction of sp³-hybridized carbons (Fsp3) is 0.269. The molecule has 1 N–H and O–H groups in total. The summed E-state index contributed by atoms with van der Waals surface area (Å²) in [7, 11) is 0. The summed E-state index contributed by atoms with van der Waals surface area (Å²) in [5.74, 6) is 0.239. The Morgan fingerprint density at radius 1 is 0.800 bits per heavy atom. The molecule has 3 aromatic carbocycles. The molecule has 4 nitrogen and oxygen atoms in total. The number of aryl methyl sites for hydroxylation is 1. The second-order valence-corrected chi connectivity index (χ2v) is 7.36. The van der Waals surface area contributed by atoms with Crippen molar-refractivity contribution in [2.45, 2.75) is 13.3 Å². The lowest BCUT2D eigenvalue weighted by Gasteiger charge is -2.29. The molecule has 1 saturated heterocycles. The molecule has 1 fully saturated rings. The molecule has 30 heavy (non-hydrogen) atoms. The summed E-state index contributed by atoms with van der Waals surface area (Å²) in [5.41, 5.74) is 3.56. The maximum Gasteiger partial charge on any atom is 0.224 e. The van der Waals surface area contributed by atoms with Gasteiger partial charge in [0.25, 0.3) is 0 Å². The number of anilines is 2. The quantitative estimate of drug-likeness (QED) is 0.676. The standard InChI is InChI=1S/C19H23N3O.C7H8/c23-19(21-15-12-20-13-16-21)11-14-22(17-7-3-1-4-8-17)18-9-5-2-6-10-18;1-7-5-3-2-4-6-7/h1-10,20H,11-16H2;2-6H,1H3. The van der Waals surface area contributed by atoms with Crippen LogP contribution < -0.4 is 10.2 Å². The molecule has 0 radical (unpaired) electrons. The van der Waals surface area contributed by atoms with Gasteiger partial charge in [-0.3, -0.25) is 4.79 Å². The van der Waals surface area contributed by atoms with Crippen LogP contribution in [0.2, 0.25) is 0 Å². The van der Waals surface area contributed by atoms with Crippen LogP contribution in [0.4, 0.5) is 11.4 Å². The maximum absolute atomic E-state index is 12.4. The summed E-state index contributed by atoms with van der Waals surface area (Å²) in [6.45, 7) is 6.20. The Kier molecular flexibility index (Phi) is 8.48. The van der Waals surface area contributed by atoms with Crippen LogP contribution in [-0.4, -0.2) is 43.5 Å². The molecule has 1 heterocycles. The van der Waals surface area contributed by atoms with E-state index in [4.69, 9.17) is 0 Å². The Hall–Kier alpha value is -3.11. The number of benzene rings is 3. The van der Waals surface area contributed by atoms with E-state index in [0.29, 0.717) is 13.0 Å². The molecule has 1 aliphatic heterocycles. The van der Waals surface area contributed by atoms with Crippen LogP contribution in [0.5, 0.6) is 0 Å². The first-order valence-electron chi connectivity index (χ1n) is 10.6. The van der Waals surface area contributed by atoms with E-state index in [9.17, 15) is 4.79 Å². The van der Waals surface area contributed by atoms with Crippen molar-refractivity contribution in [1.82, 2.24) is 10.2 Å². The summed E-state index contributed by atoms with van der Waals surface area (Å²) >= 11 is 0. The minimum absolute atomic E-state index is 0.239. The highest BCUT2D eigenvalue weighted by molar-refractivity contribution is 5.77. The first kappa shape index (κ1) is 21.6. The van der Waals surface area contributed by atoms with Crippen molar-refractivity contribution in [3.63, 3.8) is 0 Å². The smallest absolute Gasteiger partial charge is 0.224 e. The molecule has 1 aliphatic rings. The Morgan fingerprint density at radius 2 is 1.27 bits per heavy atom. The molecule has 0 bridgehead atoms. The molecule has 0 saturated carbocycles. The summed E-state index contributed by atoms with van der Waals surface area (Å²) in [5, 5.41) is 3.28. The van der Waals surface area contributed by atoms with E-state index in [2.05, 4.69) is 53.5 Å². The van der Waals surface area contributed by atoms with E-state index in [0.717, 1.165) is 37.6 Å². The van der Waals surface area contributed by atoms with Crippen LogP contribution in [0.25, 0.3) is 0 Å². The van der Waals surface area contributed by atoms with Crippen molar-refractivity contribution >= 4 is 17.3 Å². The largest absolute Gasteiger partial charge is 0.341 e. The highest BCUT2D eigenvalue weighted by Crippen LogP contribution is 2.25. The Morgan fingerprint density at radius 3 is 1.70 bits per heavy atom. The van der Waals surface area contributed by atoms with Crippen LogP contribution in [0.1, 0.15) is 12.0 Å². The highest BCUT2D eigenvalue weighted by Gasteiger charge is 2.18. The number of nitrogens with one attached hydrogen (secondary N) is 1. The van der Waals surface area contributed by atoms with Crippen LogP contribution in [0.3, 0.4) is 0 Å². The SMILES string of the molecule is Cc1ccccc1.O=C(CCN(c1ccccc1)c1ccccc1)N1CCNCC1. The van der Waals surface area contributed by atoms with E-state index >= 15 is 0 Å². The Bertz CT molecular complexity index is 823. The van der Waals surface area contributed by atoms with Gasteiger partial charge < -0.3 is 15.1 Å². The van der Waals surface area contributed by atoms with Crippen LogP contribution >= 0.6 is 0 Å². The number of carbonyl (C=O) groups is 1. The number of amides is 1. The Balaban J connectivity index is 0.000000310. The molecule has 1 amide bonds. The number of hydrogen-bond acceptors (Lipinski definition) is 3. The van der Waals surface area contributed by atoms with Gasteiger partial charge in [-0.05, 0) is 31.2 Å². The minimum Gasteiger partial charge on any atom is -0.341 e. The first-order chi connectivity index (χ1) is 14.7. The number of para-hydroxylation sites is 2. The van der Waals surface area contributed by atoms with E-state index in [-0.39, 0.29) is 5.91 Å². The van der Waals surface area contributed by atoms with Crippen molar-refractivity contribution in [2.75, 3.05) is 37.6 Å². The van der Waals surface area contributed by atoms with E-state index in [1.165, 1.54) is 5.56 Å². The van der Waals surface area contributed by atoms with Crippen LogP contribution in [0.15, 0.2) is 91.0 Å². The summed E-state index contributed by atoms with van der Waals surface area (Å²) < 4.78 is 0. The average molecular weight is 402 g/mol. The fourth-order valence-corrected chi connectivity index (χ4v) is 3.44. The second-order valence-electron chi connectivity index (χ2n) is 7.36. The first-order valence-corrected chi connectivity index (χ1v) is 10.6. The molecule has 0 spiro atoms. The van der Waals surface area contributed by atoms with Gasteiger partial charge in [0.15, 0.2) is 0 Å². The average Bonchev–Trinajstić information content (AvgIpc) is 2.82. The zero-order valence-electron chi connectivity index (χ0n) is 17.7. The number of piperazine rings is 1. The van der Waals surface area contributed by atoms with Gasteiger partial charge in [-0.1, -0.05) is 72.3 Å². The topological polar surface area (TPSA) is 35.6 Å². The molecule has 0 aliphatic carbocycles. The number of nitrogens with zero attached hydrogens (tertiary/aromatic N) is 2. The summed E-state index contributed by atoms with van der Waals surface area (Å²) in [6, 6.07) is 30.8. The van der Waals surface area contributed by atoms with Crippen molar-refractivity contribution in [2.24, 2.45) is 0 Å². The van der Waals surface area contributed by atoms with Gasteiger partial charge in [-0.15, -0.1) is 0 Å². The predicted molar refractivity (Wildman–Crippen MR) is 125 cm³/mol. The van der Waals surface area contributed by atoms with Gasteiger partial charge in [0.2, 0.25) is 5.91 Å². The third kappa shape index (κ3) is 6.75. The lowest BCUT2D eigenvalue weighted by atomic mass is 10.2. The third-order valence-electron chi connectivity index (χ3n) is 5.10. The summed E-state index contributed by atoms with van der Waals surface area (Å²) in [4.78, 5) is 16.6. The Labute approximate surface area is 180 Å². The normalized spacial score (nSPS) is 13.2. The lowest BCUT2D eigenvalue weighted by molar-refractivity contribution is -0.131. The van der Waals surface area contributed by atoms with Gasteiger partial charge in [0.1, 0.15) is 0 Å². The maximum atomic E-state index is 12.4. The van der Waals surface area contributed by atoms with E-state index < -0.39 is 0 Å². The zero-order chi connectivity index (χ0) is 21.0. The van der Waals surface area contributed by atoms with Crippen molar-refractivity contribution in [1.29, 1.82) is 0 Å². The van der Waals surface area contributed by atoms with Gasteiger partial charge in [-0.25, -0.2) is 0 Å². The molecule has 0 unspecified atom stereocenters. The summed E-state index contributed by atoms with van der Waals surface area (Å²) in [6.07, 6.45) is 0.532. The molecule has 4 heteroatoms. The fourth-order valence-electron chi connectivity index (χ4n) is 3.44. The van der Waals surface area contributed by atoms with Gasteiger partial charge in [0.05, 0.1) is 0 Å². The van der Waals surface area contributed by atoms with E-state index in [1.807, 2.05) is 59.5 Å². The number of hydrogen-bond donors (Lipinski definition) is 1. The number of carbonyl (C=O) groups excluding carboxylic acids is 1. The van der Waals surface area contributed by atoms with E-state index in [1.54, 1.807) is 0 Å². The number of rotatable bonds is 5. The van der Waals surface area contributed by atoms with Crippen molar-refractivity contribution < 1.29 is 4.79 Å². The van der Waals surface area contributed by atoms with Crippen LogP contribution in [0, 0.1) is 6.92 Å².